The Morgan fingerprint density at radius 2 is 0.656 bits per heavy atom. The molecule has 0 atom stereocenters. The molecule has 336 valence electrons. The van der Waals surface area contributed by atoms with Crippen molar-refractivity contribution >= 4 is 0 Å². The van der Waals surface area contributed by atoms with Crippen LogP contribution >= 0.6 is 0 Å². The lowest BCUT2D eigenvalue weighted by Gasteiger charge is -2.28. The van der Waals surface area contributed by atoms with E-state index in [0.717, 1.165) is 136 Å². The molecular weight excluding hydrogens is 745 g/mol. The third-order valence-corrected chi connectivity index (χ3v) is 13.4. The first-order valence-corrected chi connectivity index (χ1v) is 24.2. The van der Waals surface area contributed by atoms with Crippen molar-refractivity contribution in [2.24, 2.45) is 0 Å². The summed E-state index contributed by atoms with van der Waals surface area (Å²) in [5, 5.41) is 35.0. The average molecular weight is 831 g/mol. The summed E-state index contributed by atoms with van der Waals surface area (Å²) < 4.78 is 0. The highest BCUT2D eigenvalue weighted by Crippen LogP contribution is 2.42. The van der Waals surface area contributed by atoms with Crippen LogP contribution in [0.3, 0.4) is 0 Å². The van der Waals surface area contributed by atoms with Crippen LogP contribution in [0.5, 0.6) is 17.2 Å². The summed E-state index contributed by atoms with van der Waals surface area (Å²) in [4.78, 5) is 0. The second kappa shape index (κ2) is 21.1. The van der Waals surface area contributed by atoms with E-state index in [1.54, 1.807) is 0 Å². The van der Waals surface area contributed by atoms with Gasteiger partial charge in [-0.15, -0.1) is 0 Å². The second-order valence-electron chi connectivity index (χ2n) is 21.6. The van der Waals surface area contributed by atoms with Gasteiger partial charge in [0.05, 0.1) is 0 Å². The van der Waals surface area contributed by atoms with Crippen molar-refractivity contribution in [1.29, 1.82) is 0 Å². The zero-order valence-corrected chi connectivity index (χ0v) is 41.6. The van der Waals surface area contributed by atoms with Gasteiger partial charge in [0.25, 0.3) is 0 Å². The van der Waals surface area contributed by atoms with E-state index in [-0.39, 0.29) is 16.2 Å². The Hall–Kier alpha value is -3.72. The number of benzene rings is 4. The summed E-state index contributed by atoms with van der Waals surface area (Å²) in [6.45, 7) is 33.6. The lowest BCUT2D eigenvalue weighted by Crippen LogP contribution is -2.16. The molecule has 0 aliphatic rings. The Morgan fingerprint density at radius 1 is 0.377 bits per heavy atom. The number of unbranched alkanes of at least 4 members (excludes halogenated alkanes) is 6. The van der Waals surface area contributed by atoms with Crippen LogP contribution < -0.4 is 0 Å². The van der Waals surface area contributed by atoms with E-state index in [1.165, 1.54) is 50.1 Å². The van der Waals surface area contributed by atoms with Gasteiger partial charge in [0.2, 0.25) is 0 Å². The van der Waals surface area contributed by atoms with Gasteiger partial charge in [-0.3, -0.25) is 0 Å². The van der Waals surface area contributed by atoms with E-state index >= 15 is 0 Å². The number of phenols is 3. The Bertz CT molecular complexity index is 2090. The molecule has 0 saturated carbocycles. The first-order valence-electron chi connectivity index (χ1n) is 24.2. The van der Waals surface area contributed by atoms with Crippen molar-refractivity contribution < 1.29 is 15.3 Å². The Morgan fingerprint density at radius 3 is 0.918 bits per heavy atom. The summed E-state index contributed by atoms with van der Waals surface area (Å²) in [5.41, 5.74) is 17.8. The molecule has 0 unspecified atom stereocenters. The number of phenolic OH excluding ortho intramolecular Hbond substituents is 3. The zero-order valence-electron chi connectivity index (χ0n) is 41.6. The van der Waals surface area contributed by atoms with Crippen molar-refractivity contribution in [3.8, 4) is 17.2 Å². The number of hydrogen-bond acceptors (Lipinski definition) is 3. The van der Waals surface area contributed by atoms with E-state index in [2.05, 4.69) is 140 Å². The van der Waals surface area contributed by atoms with Gasteiger partial charge in [0.1, 0.15) is 17.2 Å². The predicted octanol–water partition coefficient (Wildman–Crippen LogP) is 15.8. The molecule has 4 aromatic rings. The molecule has 0 saturated heterocycles. The number of aromatic hydroxyl groups is 3. The smallest absolute Gasteiger partial charge is 0.122 e. The van der Waals surface area contributed by atoms with E-state index in [0.29, 0.717) is 17.2 Å². The summed E-state index contributed by atoms with van der Waals surface area (Å²) in [6.07, 6.45) is 16.1. The molecule has 0 radical (unpaired) electrons. The van der Waals surface area contributed by atoms with Crippen molar-refractivity contribution in [2.75, 3.05) is 0 Å². The summed E-state index contributed by atoms with van der Waals surface area (Å²) >= 11 is 0. The molecule has 0 aliphatic heterocycles. The highest BCUT2D eigenvalue weighted by molar-refractivity contribution is 5.59. The summed E-state index contributed by atoms with van der Waals surface area (Å²) in [7, 11) is 0. The van der Waals surface area contributed by atoms with Gasteiger partial charge < -0.3 is 15.3 Å². The minimum Gasteiger partial charge on any atom is -0.507 e. The van der Waals surface area contributed by atoms with E-state index in [4.69, 9.17) is 0 Å². The maximum Gasteiger partial charge on any atom is 0.122 e. The van der Waals surface area contributed by atoms with Gasteiger partial charge >= 0.3 is 0 Å². The lowest BCUT2D eigenvalue weighted by molar-refractivity contribution is 0.438. The van der Waals surface area contributed by atoms with Gasteiger partial charge in [0, 0.05) is 0 Å². The molecule has 3 nitrogen and oxygen atoms in total. The highest BCUT2D eigenvalue weighted by atomic mass is 16.3. The SMILES string of the molecule is CCCCCc1cc(Cc2c(C)c(C)c(Cc3cc(CCCCC)c(O)c(C(C)(C)C)c3)c(Cc3cc(CCCCC)c(O)c(C(C)(C)C)c3)c2CC)cc(C(C)(C)C)c1O. The van der Waals surface area contributed by atoms with Crippen molar-refractivity contribution in [3.63, 3.8) is 0 Å². The minimum absolute atomic E-state index is 0.183. The monoisotopic (exact) mass is 831 g/mol. The molecule has 0 aromatic heterocycles. The standard InChI is InChI=1S/C58H86O3/c1-16-20-23-26-43-29-40(35-50(53(43)59)56(7,8)9)32-47-38(5)39(6)48(33-41-30-44(27-24-21-17-2)54(60)51(36-41)57(10,11)12)49(46(47)19-4)34-42-31-45(28-25-22-18-3)55(61)52(37-42)58(13,14)15/h29-31,35-37,59-61H,16-28,32-34H2,1-15H3. The predicted molar refractivity (Wildman–Crippen MR) is 264 cm³/mol. The van der Waals surface area contributed by atoms with Crippen LogP contribution in [0.2, 0.25) is 0 Å². The molecule has 3 heteroatoms. The van der Waals surface area contributed by atoms with E-state index in [9.17, 15) is 15.3 Å². The van der Waals surface area contributed by atoms with Gasteiger partial charge in [-0.1, -0.05) is 165 Å². The molecule has 0 spiro atoms. The van der Waals surface area contributed by atoms with Crippen LogP contribution in [0.25, 0.3) is 0 Å². The van der Waals surface area contributed by atoms with Gasteiger partial charge in [-0.2, -0.15) is 0 Å². The Kier molecular flexibility index (Phi) is 17.3. The van der Waals surface area contributed by atoms with Crippen LogP contribution in [0.1, 0.15) is 231 Å². The zero-order chi connectivity index (χ0) is 45.4. The largest absolute Gasteiger partial charge is 0.507 e. The summed E-state index contributed by atoms with van der Waals surface area (Å²) in [5.74, 6) is 1.41. The van der Waals surface area contributed by atoms with Gasteiger partial charge in [0.15, 0.2) is 0 Å². The van der Waals surface area contributed by atoms with E-state index in [1.807, 2.05) is 0 Å². The molecule has 0 heterocycles. The Balaban J connectivity index is 2.04. The number of hydrogen-bond donors (Lipinski definition) is 3. The minimum atomic E-state index is -0.202. The molecular formula is C58H86O3. The lowest BCUT2D eigenvalue weighted by atomic mass is 9.77. The van der Waals surface area contributed by atoms with Crippen LogP contribution in [0.4, 0.5) is 0 Å². The maximum absolute atomic E-state index is 11.7. The summed E-state index contributed by atoms with van der Waals surface area (Å²) in [6, 6.07) is 13.8. The Labute approximate surface area is 373 Å². The maximum atomic E-state index is 11.7. The van der Waals surface area contributed by atoms with Gasteiger partial charge in [-0.25, -0.2) is 0 Å². The third kappa shape index (κ3) is 12.5. The van der Waals surface area contributed by atoms with Crippen molar-refractivity contribution in [1.82, 2.24) is 0 Å². The first-order chi connectivity index (χ1) is 28.6. The number of rotatable bonds is 19. The molecule has 0 aliphatic carbocycles. The molecule has 0 bridgehead atoms. The van der Waals surface area contributed by atoms with Crippen molar-refractivity contribution in [3.05, 3.63) is 120 Å². The topological polar surface area (TPSA) is 60.7 Å². The quantitative estimate of drug-likeness (QED) is 0.0825. The highest BCUT2D eigenvalue weighted by Gasteiger charge is 2.27. The molecule has 0 fully saturated rings. The van der Waals surface area contributed by atoms with Crippen LogP contribution in [0.15, 0.2) is 36.4 Å². The van der Waals surface area contributed by atoms with Crippen LogP contribution in [0, 0.1) is 13.8 Å². The molecule has 61 heavy (non-hydrogen) atoms. The van der Waals surface area contributed by atoms with Crippen LogP contribution in [-0.4, -0.2) is 15.3 Å². The normalized spacial score (nSPS) is 12.4. The van der Waals surface area contributed by atoms with Crippen molar-refractivity contribution in [2.45, 2.75) is 223 Å². The second-order valence-corrected chi connectivity index (χ2v) is 21.6. The van der Waals surface area contributed by atoms with Gasteiger partial charge in [-0.05, 0) is 178 Å². The third-order valence-electron chi connectivity index (χ3n) is 13.4. The fourth-order valence-electron chi connectivity index (χ4n) is 9.57. The first kappa shape index (κ1) is 49.9. The van der Waals surface area contributed by atoms with Crippen LogP contribution in [-0.2, 0) is 61.2 Å². The number of aryl methyl sites for hydroxylation is 3. The fraction of sp³-hybridized carbons (Fsp3) is 0.586. The molecule has 4 aromatic carbocycles. The fourth-order valence-corrected chi connectivity index (χ4v) is 9.57. The molecule has 4 rings (SSSR count). The molecule has 0 amide bonds. The average Bonchev–Trinajstić information content (AvgIpc) is 3.17. The van der Waals surface area contributed by atoms with E-state index < -0.39 is 0 Å². The molecule has 3 N–H and O–H groups in total.